The highest BCUT2D eigenvalue weighted by Gasteiger charge is 2.31. The minimum atomic E-state index is 0.222. The van der Waals surface area contributed by atoms with Gasteiger partial charge in [-0.25, -0.2) is 0 Å². The lowest BCUT2D eigenvalue weighted by Gasteiger charge is -2.21. The maximum Gasteiger partial charge on any atom is 0.244 e. The number of hydrogen-bond acceptors (Lipinski definition) is 7. The topological polar surface area (TPSA) is 67.9 Å². The van der Waals surface area contributed by atoms with Crippen molar-refractivity contribution in [3.05, 3.63) is 35.5 Å². The lowest BCUT2D eigenvalue weighted by atomic mass is 10.1. The summed E-state index contributed by atoms with van der Waals surface area (Å²) in [6.45, 7) is 6.09. The molecule has 0 radical (unpaired) electrons. The van der Waals surface area contributed by atoms with Gasteiger partial charge in [-0.3, -0.25) is 4.90 Å². The Kier molecular flexibility index (Phi) is 3.82. The largest absolute Gasteiger partial charge is 0.338 e. The van der Waals surface area contributed by atoms with Crippen LogP contribution < -0.4 is 0 Å². The zero-order valence-corrected chi connectivity index (χ0v) is 14.1. The van der Waals surface area contributed by atoms with E-state index < -0.39 is 0 Å². The van der Waals surface area contributed by atoms with Crippen LogP contribution in [0.2, 0.25) is 0 Å². The van der Waals surface area contributed by atoms with Crippen molar-refractivity contribution in [3.63, 3.8) is 0 Å². The summed E-state index contributed by atoms with van der Waals surface area (Å²) in [5, 5.41) is 4.11. The van der Waals surface area contributed by atoms with Crippen molar-refractivity contribution < 1.29 is 4.52 Å². The molecule has 2 aromatic heterocycles. The minimum absolute atomic E-state index is 0.222. The van der Waals surface area contributed by atoms with Crippen LogP contribution in [0.4, 0.5) is 0 Å². The Morgan fingerprint density at radius 2 is 2.17 bits per heavy atom. The fourth-order valence-electron chi connectivity index (χ4n) is 3.07. The fraction of sp³-hybridized carbons (Fsp3) is 0.500. The Morgan fingerprint density at radius 3 is 3.00 bits per heavy atom. The molecule has 4 rings (SSSR count). The molecule has 3 heterocycles. The smallest absolute Gasteiger partial charge is 0.244 e. The Balaban J connectivity index is 1.54. The molecule has 0 amide bonds. The quantitative estimate of drug-likeness (QED) is 0.729. The van der Waals surface area contributed by atoms with Crippen molar-refractivity contribution in [2.75, 3.05) is 6.54 Å². The molecule has 7 heteroatoms. The highest BCUT2D eigenvalue weighted by Crippen LogP contribution is 2.33. The first-order valence-electron chi connectivity index (χ1n) is 7.99. The van der Waals surface area contributed by atoms with E-state index in [1.807, 2.05) is 6.07 Å². The third kappa shape index (κ3) is 2.86. The van der Waals surface area contributed by atoms with Crippen LogP contribution >= 0.6 is 11.7 Å². The van der Waals surface area contributed by atoms with Crippen LogP contribution in [0, 0.1) is 0 Å². The van der Waals surface area contributed by atoms with E-state index in [1.54, 1.807) is 0 Å². The molecule has 1 aromatic carbocycles. The second-order valence-electron chi connectivity index (χ2n) is 6.36. The molecule has 0 spiro atoms. The summed E-state index contributed by atoms with van der Waals surface area (Å²) in [6, 6.07) is 6.52. The maximum absolute atomic E-state index is 5.51. The summed E-state index contributed by atoms with van der Waals surface area (Å²) in [7, 11) is 0. The van der Waals surface area contributed by atoms with Gasteiger partial charge in [-0.1, -0.05) is 25.1 Å². The van der Waals surface area contributed by atoms with Crippen molar-refractivity contribution in [3.8, 4) is 0 Å². The van der Waals surface area contributed by atoms with E-state index in [2.05, 4.69) is 49.8 Å². The van der Waals surface area contributed by atoms with Gasteiger partial charge < -0.3 is 4.52 Å². The van der Waals surface area contributed by atoms with E-state index in [1.165, 1.54) is 17.3 Å². The average Bonchev–Trinajstić information content (AvgIpc) is 3.26. The Labute approximate surface area is 138 Å². The molecule has 1 aliphatic heterocycles. The number of nitrogens with zero attached hydrogens (tertiary/aromatic N) is 5. The van der Waals surface area contributed by atoms with Gasteiger partial charge in [0, 0.05) is 12.5 Å². The van der Waals surface area contributed by atoms with Crippen molar-refractivity contribution in [1.82, 2.24) is 23.8 Å². The summed E-state index contributed by atoms with van der Waals surface area (Å²) in [5.74, 6) is 1.84. The van der Waals surface area contributed by atoms with Gasteiger partial charge >= 0.3 is 0 Å². The number of aromatic nitrogens is 4. The molecule has 3 aromatic rings. The number of benzene rings is 1. The third-order valence-corrected chi connectivity index (χ3v) is 4.88. The first-order chi connectivity index (χ1) is 11.2. The predicted molar refractivity (Wildman–Crippen MR) is 88.2 cm³/mol. The Bertz CT molecular complexity index is 812. The lowest BCUT2D eigenvalue weighted by Crippen LogP contribution is -2.23. The van der Waals surface area contributed by atoms with Gasteiger partial charge in [0.25, 0.3) is 0 Å². The lowest BCUT2D eigenvalue weighted by molar-refractivity contribution is 0.201. The average molecular weight is 329 g/mol. The van der Waals surface area contributed by atoms with Gasteiger partial charge in [0.05, 0.1) is 17.8 Å². The molecule has 0 aliphatic carbocycles. The van der Waals surface area contributed by atoms with Gasteiger partial charge in [0.15, 0.2) is 5.82 Å². The highest BCUT2D eigenvalue weighted by atomic mass is 32.1. The van der Waals surface area contributed by atoms with Crippen molar-refractivity contribution in [2.45, 2.75) is 45.2 Å². The molecular formula is C16H19N5OS. The van der Waals surface area contributed by atoms with Gasteiger partial charge in [0.2, 0.25) is 5.89 Å². The Morgan fingerprint density at radius 1 is 1.30 bits per heavy atom. The van der Waals surface area contributed by atoms with Gasteiger partial charge in [-0.15, -0.1) is 0 Å². The van der Waals surface area contributed by atoms with Crippen molar-refractivity contribution >= 4 is 22.8 Å². The monoisotopic (exact) mass is 329 g/mol. The summed E-state index contributed by atoms with van der Waals surface area (Å²) in [4.78, 5) is 7.00. The molecule has 1 fully saturated rings. The second-order valence-corrected chi connectivity index (χ2v) is 6.89. The summed E-state index contributed by atoms with van der Waals surface area (Å²) >= 11 is 1.26. The second kappa shape index (κ2) is 5.98. The van der Waals surface area contributed by atoms with E-state index >= 15 is 0 Å². The molecule has 1 aliphatic rings. The standard InChI is InChI=1S/C16H19N5OS/c1-10(2)15-17-16(22-18-15)14-4-3-7-21(14)9-11-5-6-12-13(8-11)20-23-19-12/h5-6,8,10,14H,3-4,7,9H2,1-2H3. The van der Waals surface area contributed by atoms with Crippen LogP contribution in [-0.4, -0.2) is 30.3 Å². The van der Waals surface area contributed by atoms with Crippen molar-refractivity contribution in [2.24, 2.45) is 0 Å². The molecule has 0 N–H and O–H groups in total. The van der Waals surface area contributed by atoms with E-state index in [-0.39, 0.29) is 6.04 Å². The van der Waals surface area contributed by atoms with Gasteiger partial charge in [-0.05, 0) is 37.1 Å². The van der Waals surface area contributed by atoms with E-state index in [4.69, 9.17) is 4.52 Å². The molecule has 120 valence electrons. The summed E-state index contributed by atoms with van der Waals surface area (Å²) in [5.41, 5.74) is 3.19. The molecule has 1 saturated heterocycles. The number of fused-ring (bicyclic) bond motifs is 1. The van der Waals surface area contributed by atoms with Gasteiger partial charge in [0.1, 0.15) is 11.0 Å². The summed E-state index contributed by atoms with van der Waals surface area (Å²) in [6.07, 6.45) is 2.23. The van der Waals surface area contributed by atoms with Crippen LogP contribution in [-0.2, 0) is 6.54 Å². The van der Waals surface area contributed by atoms with Gasteiger partial charge in [-0.2, -0.15) is 13.7 Å². The predicted octanol–water partition coefficient (Wildman–Crippen LogP) is 3.53. The molecule has 0 bridgehead atoms. The number of rotatable bonds is 4. The summed E-state index contributed by atoms with van der Waals surface area (Å²) < 4.78 is 14.1. The minimum Gasteiger partial charge on any atom is -0.338 e. The fourth-order valence-corrected chi connectivity index (χ4v) is 3.59. The van der Waals surface area contributed by atoms with Crippen LogP contribution in [0.5, 0.6) is 0 Å². The zero-order valence-electron chi connectivity index (χ0n) is 13.3. The number of hydrogen-bond donors (Lipinski definition) is 0. The van der Waals surface area contributed by atoms with Crippen LogP contribution in [0.25, 0.3) is 11.0 Å². The maximum atomic E-state index is 5.51. The normalized spacial score (nSPS) is 19.2. The SMILES string of the molecule is CC(C)c1noc(C2CCCN2Cc2ccc3nsnc3c2)n1. The molecule has 0 saturated carbocycles. The van der Waals surface area contributed by atoms with Crippen LogP contribution in [0.1, 0.15) is 55.9 Å². The Hall–Kier alpha value is -1.86. The van der Waals surface area contributed by atoms with E-state index in [0.29, 0.717) is 5.92 Å². The van der Waals surface area contributed by atoms with Crippen LogP contribution in [0.3, 0.4) is 0 Å². The van der Waals surface area contributed by atoms with Crippen LogP contribution in [0.15, 0.2) is 22.7 Å². The molecule has 6 nitrogen and oxygen atoms in total. The first-order valence-corrected chi connectivity index (χ1v) is 8.72. The highest BCUT2D eigenvalue weighted by molar-refractivity contribution is 7.00. The molecule has 1 atom stereocenters. The van der Waals surface area contributed by atoms with E-state index in [0.717, 1.165) is 48.7 Å². The van der Waals surface area contributed by atoms with Crippen molar-refractivity contribution in [1.29, 1.82) is 0 Å². The number of likely N-dealkylation sites (tertiary alicyclic amines) is 1. The van der Waals surface area contributed by atoms with E-state index in [9.17, 15) is 0 Å². The molecular weight excluding hydrogens is 310 g/mol. The molecule has 1 unspecified atom stereocenters. The first kappa shape index (κ1) is 14.7. The zero-order chi connectivity index (χ0) is 15.8. The molecule has 23 heavy (non-hydrogen) atoms. The third-order valence-electron chi connectivity index (χ3n) is 4.33.